The van der Waals surface area contributed by atoms with Crippen LogP contribution >= 0.6 is 0 Å². The highest BCUT2D eigenvalue weighted by molar-refractivity contribution is 4.47. The molecule has 1 unspecified atom stereocenters. The summed E-state index contributed by atoms with van der Waals surface area (Å²) < 4.78 is 0. The first-order chi connectivity index (χ1) is 3.27. The zero-order valence-corrected chi connectivity index (χ0v) is 4.72. The smallest absolute Gasteiger partial charge is 0.0512 e. The Bertz CT molecular complexity index is 33.2. The van der Waals surface area contributed by atoms with Crippen molar-refractivity contribution in [3.05, 3.63) is 6.92 Å². The van der Waals surface area contributed by atoms with E-state index in [0.29, 0.717) is 6.42 Å². The second-order valence-electron chi connectivity index (χ2n) is 1.78. The Morgan fingerprint density at radius 3 is 2.43 bits per heavy atom. The van der Waals surface area contributed by atoms with Gasteiger partial charge in [0, 0.05) is 0 Å². The lowest BCUT2D eigenvalue weighted by Crippen LogP contribution is -1.97. The minimum Gasteiger partial charge on any atom is -0.393 e. The molecular weight excluding hydrogens is 88.1 g/mol. The Balaban J connectivity index is 2.68. The van der Waals surface area contributed by atoms with Crippen molar-refractivity contribution >= 4 is 0 Å². The van der Waals surface area contributed by atoms with Gasteiger partial charge in [-0.1, -0.05) is 6.42 Å². The third-order valence-electron chi connectivity index (χ3n) is 0.826. The van der Waals surface area contributed by atoms with Crippen molar-refractivity contribution in [3.8, 4) is 0 Å². The highest BCUT2D eigenvalue weighted by Gasteiger charge is 1.90. The van der Waals surface area contributed by atoms with Crippen molar-refractivity contribution < 1.29 is 5.11 Å². The monoisotopic (exact) mass is 100 g/mol. The van der Waals surface area contributed by atoms with Crippen LogP contribution in [0, 0.1) is 6.92 Å². The molecule has 0 fully saturated rings. The summed E-state index contributed by atoms with van der Waals surface area (Å²) in [6, 6.07) is 0. The minimum atomic E-state index is -0.177. The van der Waals surface area contributed by atoms with Gasteiger partial charge in [0.05, 0.1) is 6.10 Å². The van der Waals surface area contributed by atoms with Crippen molar-refractivity contribution in [3.63, 3.8) is 0 Å². The number of hydrogen-bond donors (Lipinski definition) is 1. The Kier molecular flexibility index (Phi) is 4.10. The summed E-state index contributed by atoms with van der Waals surface area (Å²) in [5, 5.41) is 8.63. The largest absolute Gasteiger partial charge is 0.393 e. The molecule has 0 aromatic heterocycles. The molecule has 1 atom stereocenters. The predicted molar refractivity (Wildman–Crippen MR) is 29.8 cm³/mol. The highest BCUT2D eigenvalue weighted by Crippen LogP contribution is 1.96. The van der Waals surface area contributed by atoms with Crippen LogP contribution in [0.1, 0.15) is 26.2 Å². The molecule has 0 spiro atoms. The third kappa shape index (κ3) is 5.96. The van der Waals surface area contributed by atoms with Gasteiger partial charge in [-0.3, -0.25) is 0 Å². The molecule has 2 radical (unpaired) electrons. The van der Waals surface area contributed by atoms with Crippen molar-refractivity contribution in [2.75, 3.05) is 0 Å². The molecule has 0 aliphatic carbocycles. The summed E-state index contributed by atoms with van der Waals surface area (Å²) in [5.41, 5.74) is 0. The van der Waals surface area contributed by atoms with Crippen LogP contribution in [-0.2, 0) is 0 Å². The van der Waals surface area contributed by atoms with Gasteiger partial charge in [0.25, 0.3) is 0 Å². The van der Waals surface area contributed by atoms with Gasteiger partial charge >= 0.3 is 0 Å². The predicted octanol–water partition coefficient (Wildman–Crippen LogP) is 1.25. The van der Waals surface area contributed by atoms with Gasteiger partial charge in [-0.25, -0.2) is 0 Å². The van der Waals surface area contributed by atoms with Gasteiger partial charge in [-0.05, 0) is 26.7 Å². The van der Waals surface area contributed by atoms with Crippen LogP contribution in [0.15, 0.2) is 0 Å². The molecule has 7 heavy (non-hydrogen) atoms. The topological polar surface area (TPSA) is 20.2 Å². The fourth-order valence-electron chi connectivity index (χ4n) is 0.413. The molecule has 0 saturated heterocycles. The average molecular weight is 100 g/mol. The molecule has 0 amide bonds. The van der Waals surface area contributed by atoms with Gasteiger partial charge in [0.2, 0.25) is 0 Å². The Hall–Kier alpha value is -0.0400. The van der Waals surface area contributed by atoms with Crippen LogP contribution in [0.4, 0.5) is 0 Å². The van der Waals surface area contributed by atoms with Crippen molar-refractivity contribution in [2.24, 2.45) is 0 Å². The number of aliphatic hydroxyl groups excluding tert-OH is 1. The zero-order chi connectivity index (χ0) is 5.70. The summed E-state index contributed by atoms with van der Waals surface area (Å²) in [5.74, 6) is 0. The first-order valence-electron chi connectivity index (χ1n) is 2.65. The van der Waals surface area contributed by atoms with Crippen LogP contribution < -0.4 is 0 Å². The Labute approximate surface area is 45.4 Å². The number of hydrogen-bond acceptors (Lipinski definition) is 1. The minimum absolute atomic E-state index is 0.177. The second kappa shape index (κ2) is 4.13. The van der Waals surface area contributed by atoms with Gasteiger partial charge in [-0.15, -0.1) is 0 Å². The molecule has 0 saturated carbocycles. The van der Waals surface area contributed by atoms with Gasteiger partial charge in [0.1, 0.15) is 0 Å². The van der Waals surface area contributed by atoms with Crippen molar-refractivity contribution in [1.82, 2.24) is 0 Å². The van der Waals surface area contributed by atoms with Crippen molar-refractivity contribution in [2.45, 2.75) is 32.3 Å². The summed E-state index contributed by atoms with van der Waals surface area (Å²) in [6.45, 7) is 6.94. The van der Waals surface area contributed by atoms with Crippen LogP contribution in [0.2, 0.25) is 0 Å². The highest BCUT2D eigenvalue weighted by atomic mass is 16.3. The Morgan fingerprint density at radius 1 is 1.71 bits per heavy atom. The number of aliphatic hydroxyl groups is 1. The molecule has 1 nitrogen and oxygen atoms in total. The number of unbranched alkanes of at least 4 members (excludes halogenated alkanes) is 1. The van der Waals surface area contributed by atoms with Crippen LogP contribution in [0.3, 0.4) is 0 Å². The van der Waals surface area contributed by atoms with E-state index < -0.39 is 0 Å². The molecule has 1 N–H and O–H groups in total. The number of rotatable bonds is 3. The SMILES string of the molecule is [CH]CCCC(C)O. The van der Waals surface area contributed by atoms with Gasteiger partial charge in [-0.2, -0.15) is 0 Å². The molecular formula is C6H12O. The third-order valence-corrected chi connectivity index (χ3v) is 0.826. The Morgan fingerprint density at radius 2 is 2.29 bits per heavy atom. The second-order valence-corrected chi connectivity index (χ2v) is 1.78. The van der Waals surface area contributed by atoms with E-state index in [4.69, 9.17) is 12.0 Å². The van der Waals surface area contributed by atoms with E-state index >= 15 is 0 Å². The molecule has 0 aromatic rings. The maximum absolute atomic E-state index is 8.63. The molecule has 1 heteroatoms. The molecule has 42 valence electrons. The molecule has 0 bridgehead atoms. The summed E-state index contributed by atoms with van der Waals surface area (Å²) in [6.07, 6.45) is 2.27. The maximum atomic E-state index is 8.63. The van der Waals surface area contributed by atoms with E-state index in [0.717, 1.165) is 12.8 Å². The van der Waals surface area contributed by atoms with E-state index in [1.165, 1.54) is 0 Å². The standard InChI is InChI=1S/C6H12O/c1-3-4-5-6(2)7/h1,6-7H,3-5H2,2H3. The summed E-state index contributed by atoms with van der Waals surface area (Å²) >= 11 is 0. The fraction of sp³-hybridized carbons (Fsp3) is 0.833. The zero-order valence-electron chi connectivity index (χ0n) is 4.72. The van der Waals surface area contributed by atoms with Crippen LogP contribution in [0.5, 0.6) is 0 Å². The molecule has 0 aromatic carbocycles. The quantitative estimate of drug-likeness (QED) is 0.566. The van der Waals surface area contributed by atoms with E-state index in [1.54, 1.807) is 6.92 Å². The maximum Gasteiger partial charge on any atom is 0.0512 e. The molecule has 0 heterocycles. The van der Waals surface area contributed by atoms with E-state index in [1.807, 2.05) is 0 Å². The molecule has 0 rings (SSSR count). The fourth-order valence-corrected chi connectivity index (χ4v) is 0.413. The first kappa shape index (κ1) is 6.96. The van der Waals surface area contributed by atoms with Crippen molar-refractivity contribution in [1.29, 1.82) is 0 Å². The lowest BCUT2D eigenvalue weighted by Gasteiger charge is -1.98. The molecule has 0 aliphatic rings. The lowest BCUT2D eigenvalue weighted by molar-refractivity contribution is 0.182. The van der Waals surface area contributed by atoms with E-state index in [9.17, 15) is 0 Å². The van der Waals surface area contributed by atoms with Gasteiger partial charge < -0.3 is 5.11 Å². The van der Waals surface area contributed by atoms with Gasteiger partial charge in [0.15, 0.2) is 0 Å². The van der Waals surface area contributed by atoms with Crippen LogP contribution in [-0.4, -0.2) is 11.2 Å². The average Bonchev–Trinajstić information content (AvgIpc) is 1.61. The van der Waals surface area contributed by atoms with E-state index in [-0.39, 0.29) is 6.10 Å². The van der Waals surface area contributed by atoms with Crippen LogP contribution in [0.25, 0.3) is 0 Å². The lowest BCUT2D eigenvalue weighted by atomic mass is 10.2. The first-order valence-corrected chi connectivity index (χ1v) is 2.65. The van der Waals surface area contributed by atoms with E-state index in [2.05, 4.69) is 0 Å². The molecule has 0 aliphatic heterocycles. The normalized spacial score (nSPS) is 14.1. The summed E-state index contributed by atoms with van der Waals surface area (Å²) in [4.78, 5) is 0. The summed E-state index contributed by atoms with van der Waals surface area (Å²) in [7, 11) is 0.